The number of aryl methyl sites for hydroxylation is 1. The molecule has 0 saturated heterocycles. The zero-order valence-electron chi connectivity index (χ0n) is 14.7. The molecular weight excluding hydrogens is 312 g/mol. The van der Waals surface area contributed by atoms with E-state index in [9.17, 15) is 13.2 Å². The molecule has 23 heavy (non-hydrogen) atoms. The van der Waals surface area contributed by atoms with Crippen molar-refractivity contribution in [2.75, 3.05) is 25.1 Å². The lowest BCUT2D eigenvalue weighted by atomic mass is 9.99. The van der Waals surface area contributed by atoms with Gasteiger partial charge in [-0.25, -0.2) is 13.2 Å². The molecule has 1 aromatic carbocycles. The molecular formula is C17H28N2O3S. The van der Waals surface area contributed by atoms with Crippen molar-refractivity contribution < 1.29 is 13.2 Å². The molecule has 0 saturated carbocycles. The first kappa shape index (κ1) is 19.5. The van der Waals surface area contributed by atoms with E-state index in [0.717, 1.165) is 0 Å². The third kappa shape index (κ3) is 6.60. The second kappa shape index (κ2) is 8.34. The molecule has 0 fully saturated rings. The van der Waals surface area contributed by atoms with Crippen LogP contribution in [0.15, 0.2) is 24.3 Å². The molecule has 0 aliphatic rings. The number of amides is 2. The van der Waals surface area contributed by atoms with Crippen molar-refractivity contribution in [3.8, 4) is 0 Å². The van der Waals surface area contributed by atoms with Gasteiger partial charge in [0.2, 0.25) is 0 Å². The minimum absolute atomic E-state index is 0.0261. The summed E-state index contributed by atoms with van der Waals surface area (Å²) in [6.07, 6.45) is 1.19. The summed E-state index contributed by atoms with van der Waals surface area (Å²) >= 11 is 0. The number of sulfone groups is 1. The quantitative estimate of drug-likeness (QED) is 0.829. The van der Waals surface area contributed by atoms with Crippen molar-refractivity contribution in [1.29, 1.82) is 0 Å². The van der Waals surface area contributed by atoms with Gasteiger partial charge in [-0.05, 0) is 32.3 Å². The lowest BCUT2D eigenvalue weighted by Gasteiger charge is -2.28. The minimum atomic E-state index is -3.11. The van der Waals surface area contributed by atoms with Crippen molar-refractivity contribution in [3.63, 3.8) is 0 Å². The molecule has 2 amide bonds. The summed E-state index contributed by atoms with van der Waals surface area (Å²) < 4.78 is 22.8. The predicted molar refractivity (Wildman–Crippen MR) is 94.5 cm³/mol. The number of hydrogen-bond donors (Lipinski definition) is 1. The zero-order chi connectivity index (χ0) is 17.6. The Hall–Kier alpha value is -1.56. The van der Waals surface area contributed by atoms with E-state index in [1.54, 1.807) is 11.8 Å². The molecule has 2 atom stereocenters. The first-order chi connectivity index (χ1) is 10.6. The molecule has 5 nitrogen and oxygen atoms in total. The Morgan fingerprint density at radius 3 is 2.48 bits per heavy atom. The van der Waals surface area contributed by atoms with Crippen LogP contribution in [0.4, 0.5) is 4.79 Å². The van der Waals surface area contributed by atoms with Crippen LogP contribution in [0.3, 0.4) is 0 Å². The normalized spacial score (nSPS) is 14.1. The molecule has 0 aliphatic heterocycles. The third-order valence-electron chi connectivity index (χ3n) is 3.85. The second-order valence-electron chi connectivity index (χ2n) is 6.23. The van der Waals surface area contributed by atoms with E-state index in [-0.39, 0.29) is 23.7 Å². The first-order valence-electron chi connectivity index (χ1n) is 7.92. The Balaban J connectivity index is 2.63. The summed E-state index contributed by atoms with van der Waals surface area (Å²) in [5.74, 6) is 0.171. The molecule has 0 radical (unpaired) electrons. The summed E-state index contributed by atoms with van der Waals surface area (Å²) in [4.78, 5) is 13.9. The van der Waals surface area contributed by atoms with E-state index in [0.29, 0.717) is 13.1 Å². The van der Waals surface area contributed by atoms with Gasteiger partial charge in [0.05, 0.1) is 5.75 Å². The Morgan fingerprint density at radius 2 is 1.96 bits per heavy atom. The maximum atomic E-state index is 12.3. The summed E-state index contributed by atoms with van der Waals surface area (Å²) in [5, 5.41) is 2.91. The predicted octanol–water partition coefficient (Wildman–Crippen LogP) is 2.56. The fourth-order valence-corrected chi connectivity index (χ4v) is 3.68. The van der Waals surface area contributed by atoms with Crippen LogP contribution in [0.25, 0.3) is 0 Å². The van der Waals surface area contributed by atoms with Gasteiger partial charge in [0.15, 0.2) is 0 Å². The fourth-order valence-electron chi connectivity index (χ4n) is 2.62. The van der Waals surface area contributed by atoms with Gasteiger partial charge in [0, 0.05) is 25.4 Å². The second-order valence-corrected chi connectivity index (χ2v) is 8.41. The van der Waals surface area contributed by atoms with Crippen LogP contribution in [0, 0.1) is 6.92 Å². The lowest BCUT2D eigenvalue weighted by Crippen LogP contribution is -2.48. The van der Waals surface area contributed by atoms with Crippen LogP contribution in [0.5, 0.6) is 0 Å². The van der Waals surface area contributed by atoms with Gasteiger partial charge < -0.3 is 10.2 Å². The van der Waals surface area contributed by atoms with Crippen molar-refractivity contribution >= 4 is 15.9 Å². The van der Waals surface area contributed by atoms with E-state index in [1.165, 1.54) is 17.4 Å². The number of rotatable bonds is 7. The van der Waals surface area contributed by atoms with Gasteiger partial charge >= 0.3 is 6.03 Å². The number of nitrogens with one attached hydrogen (secondary N) is 1. The Kier molecular flexibility index (Phi) is 7.06. The molecule has 1 rings (SSSR count). The molecule has 0 aromatic heterocycles. The van der Waals surface area contributed by atoms with Gasteiger partial charge in [0.25, 0.3) is 0 Å². The molecule has 0 bridgehead atoms. The van der Waals surface area contributed by atoms with Gasteiger partial charge in [-0.3, -0.25) is 0 Å². The first-order valence-corrected chi connectivity index (χ1v) is 9.98. The minimum Gasteiger partial charge on any atom is -0.337 e. The highest BCUT2D eigenvalue weighted by Gasteiger charge is 2.22. The van der Waals surface area contributed by atoms with Gasteiger partial charge in [-0.2, -0.15) is 0 Å². The molecule has 0 heterocycles. The van der Waals surface area contributed by atoms with Crippen molar-refractivity contribution in [1.82, 2.24) is 10.2 Å². The zero-order valence-corrected chi connectivity index (χ0v) is 15.5. The molecule has 130 valence electrons. The average Bonchev–Trinajstić information content (AvgIpc) is 2.43. The number of urea groups is 1. The molecule has 2 unspecified atom stereocenters. The maximum Gasteiger partial charge on any atom is 0.317 e. The number of benzene rings is 1. The van der Waals surface area contributed by atoms with Crippen LogP contribution in [0.2, 0.25) is 0 Å². The van der Waals surface area contributed by atoms with E-state index in [2.05, 4.69) is 18.3 Å². The number of carbonyl (C=O) groups excluding carboxylic acids is 1. The third-order valence-corrected chi connectivity index (χ3v) is 4.94. The summed E-state index contributed by atoms with van der Waals surface area (Å²) in [6.45, 7) is 8.70. The maximum absolute atomic E-state index is 12.3. The average molecular weight is 340 g/mol. The summed E-state index contributed by atoms with van der Waals surface area (Å²) in [7, 11) is -3.11. The van der Waals surface area contributed by atoms with Crippen LogP contribution in [-0.2, 0) is 9.84 Å². The van der Waals surface area contributed by atoms with Crippen LogP contribution in [-0.4, -0.2) is 50.5 Å². The topological polar surface area (TPSA) is 66.5 Å². The van der Waals surface area contributed by atoms with Gasteiger partial charge in [-0.15, -0.1) is 0 Å². The van der Waals surface area contributed by atoms with E-state index < -0.39 is 9.84 Å². The Labute approximate surface area is 140 Å². The number of hydrogen-bond acceptors (Lipinski definition) is 3. The molecule has 1 N–H and O–H groups in total. The van der Waals surface area contributed by atoms with E-state index in [1.807, 2.05) is 32.0 Å². The highest BCUT2D eigenvalue weighted by atomic mass is 32.2. The van der Waals surface area contributed by atoms with E-state index in [4.69, 9.17) is 0 Å². The summed E-state index contributed by atoms with van der Waals surface area (Å²) in [6, 6.07) is 7.65. The Morgan fingerprint density at radius 1 is 1.30 bits per heavy atom. The highest BCUT2D eigenvalue weighted by molar-refractivity contribution is 7.90. The number of carbonyl (C=O) groups is 1. The smallest absolute Gasteiger partial charge is 0.317 e. The molecule has 6 heteroatoms. The van der Waals surface area contributed by atoms with Crippen LogP contribution in [0.1, 0.15) is 37.8 Å². The Bertz CT molecular complexity index is 628. The molecule has 0 spiro atoms. The van der Waals surface area contributed by atoms with Gasteiger partial charge in [0.1, 0.15) is 9.84 Å². The summed E-state index contributed by atoms with van der Waals surface area (Å²) in [5.41, 5.74) is 2.37. The van der Waals surface area contributed by atoms with Crippen LogP contribution >= 0.6 is 0 Å². The fraction of sp³-hybridized carbons (Fsp3) is 0.588. The van der Waals surface area contributed by atoms with E-state index >= 15 is 0 Å². The van der Waals surface area contributed by atoms with Crippen molar-refractivity contribution in [3.05, 3.63) is 35.4 Å². The van der Waals surface area contributed by atoms with Crippen molar-refractivity contribution in [2.24, 2.45) is 0 Å². The van der Waals surface area contributed by atoms with Gasteiger partial charge in [-0.1, -0.05) is 36.8 Å². The largest absolute Gasteiger partial charge is 0.337 e. The lowest BCUT2D eigenvalue weighted by molar-refractivity contribution is 0.187. The number of nitrogens with zero attached hydrogens (tertiary/aromatic N) is 1. The highest BCUT2D eigenvalue weighted by Crippen LogP contribution is 2.15. The molecule has 0 aliphatic carbocycles. The molecule has 1 aromatic rings. The van der Waals surface area contributed by atoms with Crippen molar-refractivity contribution in [2.45, 2.75) is 39.7 Å². The van der Waals surface area contributed by atoms with Crippen LogP contribution < -0.4 is 5.32 Å². The monoisotopic (exact) mass is 340 g/mol. The standard InChI is InChI=1S/C17H28N2O3S/c1-6-19(15(4)12-23(5,21)22)17(20)18-11-14(3)16-9-7-8-13(2)10-16/h7-10,14-15H,6,11-12H2,1-5H3,(H,18,20). The SMILES string of the molecule is CCN(C(=O)NCC(C)c1cccc(C)c1)C(C)CS(C)(=O)=O.